The number of aromatic amines is 1. The van der Waals surface area contributed by atoms with E-state index in [1.54, 1.807) is 13.1 Å². The van der Waals surface area contributed by atoms with Crippen LogP contribution >= 0.6 is 0 Å². The molecule has 0 fully saturated rings. The van der Waals surface area contributed by atoms with Gasteiger partial charge in [-0.3, -0.25) is 9.59 Å². The first kappa shape index (κ1) is 17.8. The molecule has 1 N–H and O–H groups in total. The fraction of sp³-hybridized carbons (Fsp3) is 0.389. The second-order valence-corrected chi connectivity index (χ2v) is 6.48. The lowest BCUT2D eigenvalue weighted by Crippen LogP contribution is -2.28. The van der Waals surface area contributed by atoms with Gasteiger partial charge in [0.2, 0.25) is 11.8 Å². The van der Waals surface area contributed by atoms with Crippen LogP contribution in [0.3, 0.4) is 0 Å². The predicted octanol–water partition coefficient (Wildman–Crippen LogP) is 2.02. The van der Waals surface area contributed by atoms with Gasteiger partial charge in [-0.2, -0.15) is 4.98 Å². The molecule has 3 aromatic rings. The van der Waals surface area contributed by atoms with Crippen LogP contribution in [0.5, 0.6) is 0 Å². The topological polar surface area (TPSA) is 105 Å². The first-order chi connectivity index (χ1) is 12.4. The summed E-state index contributed by atoms with van der Waals surface area (Å²) in [6.45, 7) is 4.18. The molecule has 0 aliphatic carbocycles. The highest BCUT2D eigenvalue weighted by Crippen LogP contribution is 2.12. The first-order valence-electron chi connectivity index (χ1n) is 8.48. The van der Waals surface area contributed by atoms with Gasteiger partial charge in [-0.15, -0.1) is 0 Å². The normalized spacial score (nSPS) is 11.2. The maximum absolute atomic E-state index is 12.3. The van der Waals surface area contributed by atoms with Crippen molar-refractivity contribution in [1.82, 2.24) is 25.0 Å². The van der Waals surface area contributed by atoms with Crippen molar-refractivity contribution in [3.63, 3.8) is 0 Å². The van der Waals surface area contributed by atoms with Crippen molar-refractivity contribution in [2.24, 2.45) is 0 Å². The van der Waals surface area contributed by atoms with Gasteiger partial charge in [0.25, 0.3) is 5.56 Å². The molecule has 3 rings (SSSR count). The number of hydrogen-bond donors (Lipinski definition) is 1. The number of benzene rings is 1. The number of carbonyl (C=O) groups excluding carboxylic acids is 1. The lowest BCUT2D eigenvalue weighted by atomic mass is 10.2. The SMILES string of the molecule is CC(C)c1nc(CN(C)C(=O)CCc2nc3ccccc3[nH]c2=O)no1. The maximum atomic E-state index is 12.3. The van der Waals surface area contributed by atoms with Crippen molar-refractivity contribution < 1.29 is 9.32 Å². The molecule has 0 radical (unpaired) electrons. The molecular formula is C18H21N5O3. The van der Waals surface area contributed by atoms with Crippen LogP contribution in [0.2, 0.25) is 0 Å². The lowest BCUT2D eigenvalue weighted by Gasteiger charge is -2.14. The van der Waals surface area contributed by atoms with E-state index < -0.39 is 0 Å². The second-order valence-electron chi connectivity index (χ2n) is 6.48. The summed E-state index contributed by atoms with van der Waals surface area (Å²) in [5.41, 5.74) is 1.48. The number of carbonyl (C=O) groups is 1. The zero-order valence-corrected chi connectivity index (χ0v) is 15.0. The number of aromatic nitrogens is 4. The third-order valence-corrected chi connectivity index (χ3v) is 4.03. The highest BCUT2D eigenvalue weighted by molar-refractivity contribution is 5.76. The van der Waals surface area contributed by atoms with E-state index >= 15 is 0 Å². The minimum Gasteiger partial charge on any atom is -0.339 e. The highest BCUT2D eigenvalue weighted by Gasteiger charge is 2.16. The van der Waals surface area contributed by atoms with Gasteiger partial charge in [-0.1, -0.05) is 31.1 Å². The van der Waals surface area contributed by atoms with E-state index in [-0.39, 0.29) is 36.8 Å². The van der Waals surface area contributed by atoms with Gasteiger partial charge in [0.1, 0.15) is 5.69 Å². The van der Waals surface area contributed by atoms with Gasteiger partial charge in [0.15, 0.2) is 5.82 Å². The fourth-order valence-electron chi connectivity index (χ4n) is 2.52. The molecule has 0 bridgehead atoms. The molecule has 26 heavy (non-hydrogen) atoms. The summed E-state index contributed by atoms with van der Waals surface area (Å²) in [5.74, 6) is 1.04. The van der Waals surface area contributed by atoms with Crippen LogP contribution in [-0.2, 0) is 17.8 Å². The Balaban J connectivity index is 1.62. The van der Waals surface area contributed by atoms with Gasteiger partial charge in [-0.25, -0.2) is 4.98 Å². The van der Waals surface area contributed by atoms with Crippen molar-refractivity contribution in [3.05, 3.63) is 52.0 Å². The number of H-pyrrole nitrogens is 1. The summed E-state index contributed by atoms with van der Waals surface area (Å²) in [4.78, 5) is 37.4. The third-order valence-electron chi connectivity index (χ3n) is 4.03. The smallest absolute Gasteiger partial charge is 0.270 e. The number of nitrogens with one attached hydrogen (secondary N) is 1. The Morgan fingerprint density at radius 1 is 1.27 bits per heavy atom. The predicted molar refractivity (Wildman–Crippen MR) is 95.5 cm³/mol. The molecule has 0 atom stereocenters. The van der Waals surface area contributed by atoms with E-state index in [9.17, 15) is 9.59 Å². The van der Waals surface area contributed by atoms with Crippen LogP contribution in [0, 0.1) is 0 Å². The Hall–Kier alpha value is -3.03. The summed E-state index contributed by atoms with van der Waals surface area (Å²) >= 11 is 0. The average Bonchev–Trinajstić information content (AvgIpc) is 3.08. The number of amides is 1. The zero-order chi connectivity index (χ0) is 18.7. The van der Waals surface area contributed by atoms with Gasteiger partial charge in [-0.05, 0) is 12.1 Å². The Bertz CT molecular complexity index is 976. The minimum absolute atomic E-state index is 0.116. The number of rotatable bonds is 6. The molecule has 1 aromatic carbocycles. The van der Waals surface area contributed by atoms with Crippen LogP contribution in [0.1, 0.15) is 43.6 Å². The van der Waals surface area contributed by atoms with Crippen molar-refractivity contribution in [3.8, 4) is 0 Å². The van der Waals surface area contributed by atoms with Crippen LogP contribution < -0.4 is 5.56 Å². The van der Waals surface area contributed by atoms with E-state index in [4.69, 9.17) is 4.52 Å². The lowest BCUT2D eigenvalue weighted by molar-refractivity contribution is -0.130. The summed E-state index contributed by atoms with van der Waals surface area (Å²) in [6.07, 6.45) is 0.451. The highest BCUT2D eigenvalue weighted by atomic mass is 16.5. The minimum atomic E-state index is -0.265. The van der Waals surface area contributed by atoms with Crippen LogP contribution in [0.15, 0.2) is 33.6 Å². The van der Waals surface area contributed by atoms with Crippen LogP contribution in [0.25, 0.3) is 11.0 Å². The number of para-hydroxylation sites is 2. The fourth-order valence-corrected chi connectivity index (χ4v) is 2.52. The molecule has 8 heteroatoms. The van der Waals surface area contributed by atoms with Gasteiger partial charge >= 0.3 is 0 Å². The van der Waals surface area contributed by atoms with E-state index in [1.807, 2.05) is 32.0 Å². The van der Waals surface area contributed by atoms with Crippen molar-refractivity contribution in [1.29, 1.82) is 0 Å². The molecule has 0 unspecified atom stereocenters. The average molecular weight is 355 g/mol. The number of fused-ring (bicyclic) bond motifs is 1. The Kier molecular flexibility index (Phi) is 5.11. The van der Waals surface area contributed by atoms with E-state index in [0.29, 0.717) is 28.4 Å². The Morgan fingerprint density at radius 3 is 2.77 bits per heavy atom. The Labute approximate surface area is 150 Å². The van der Waals surface area contributed by atoms with E-state index in [1.165, 1.54) is 4.90 Å². The molecule has 2 aromatic heterocycles. The summed E-state index contributed by atoms with van der Waals surface area (Å²) in [5, 5.41) is 3.88. The second kappa shape index (κ2) is 7.47. The molecule has 0 aliphatic rings. The van der Waals surface area contributed by atoms with Crippen molar-refractivity contribution >= 4 is 16.9 Å². The van der Waals surface area contributed by atoms with Gasteiger partial charge < -0.3 is 14.4 Å². The zero-order valence-electron chi connectivity index (χ0n) is 15.0. The largest absolute Gasteiger partial charge is 0.339 e. The van der Waals surface area contributed by atoms with Crippen LogP contribution in [0.4, 0.5) is 0 Å². The van der Waals surface area contributed by atoms with Crippen molar-refractivity contribution in [2.45, 2.75) is 39.2 Å². The van der Waals surface area contributed by atoms with Gasteiger partial charge in [0, 0.05) is 25.8 Å². The van der Waals surface area contributed by atoms with E-state index in [0.717, 1.165) is 0 Å². The van der Waals surface area contributed by atoms with E-state index in [2.05, 4.69) is 20.1 Å². The summed E-state index contributed by atoms with van der Waals surface area (Å²) in [7, 11) is 1.67. The molecule has 0 saturated carbocycles. The van der Waals surface area contributed by atoms with Gasteiger partial charge in [0.05, 0.1) is 17.6 Å². The molecule has 0 aliphatic heterocycles. The number of aryl methyl sites for hydroxylation is 1. The maximum Gasteiger partial charge on any atom is 0.270 e. The quantitative estimate of drug-likeness (QED) is 0.725. The molecule has 8 nitrogen and oxygen atoms in total. The molecule has 0 spiro atoms. The summed E-state index contributed by atoms with van der Waals surface area (Å²) < 4.78 is 5.14. The molecule has 2 heterocycles. The first-order valence-corrected chi connectivity index (χ1v) is 8.48. The standard InChI is InChI=1S/C18H21N5O3/c1-11(2)18-21-15(22-26-18)10-23(3)16(24)9-8-14-17(25)20-13-7-5-4-6-12(13)19-14/h4-7,11H,8-10H2,1-3H3,(H,20,25). The third kappa shape index (κ3) is 3.96. The molecule has 1 amide bonds. The molecule has 136 valence electrons. The monoisotopic (exact) mass is 355 g/mol. The number of hydrogen-bond acceptors (Lipinski definition) is 6. The van der Waals surface area contributed by atoms with Crippen LogP contribution in [-0.4, -0.2) is 38.0 Å². The summed E-state index contributed by atoms with van der Waals surface area (Å²) in [6, 6.07) is 7.31. The van der Waals surface area contributed by atoms with Crippen molar-refractivity contribution in [2.75, 3.05) is 7.05 Å². The number of nitrogens with zero attached hydrogens (tertiary/aromatic N) is 4. The Morgan fingerprint density at radius 2 is 2.04 bits per heavy atom. The molecular weight excluding hydrogens is 334 g/mol. The molecule has 0 saturated heterocycles.